The Kier molecular flexibility index (Phi) is 4.98. The number of anilines is 1. The lowest BCUT2D eigenvalue weighted by Gasteiger charge is -2.24. The first-order valence-corrected chi connectivity index (χ1v) is 9.68. The van der Waals surface area contributed by atoms with Crippen molar-refractivity contribution in [3.63, 3.8) is 0 Å². The molecule has 2 aliphatic heterocycles. The smallest absolute Gasteiger partial charge is 0.273 e. The Morgan fingerprint density at radius 3 is 2.39 bits per heavy atom. The third kappa shape index (κ3) is 3.11. The number of nitrogens with zero attached hydrogens (tertiary/aromatic N) is 2. The molecule has 2 heterocycles. The Bertz CT molecular complexity index is 897. The number of halogens is 1. The normalized spacial score (nSPS) is 22.1. The molecule has 0 radical (unpaired) electrons. The van der Waals surface area contributed by atoms with Crippen LogP contribution >= 0.6 is 0 Å². The topological polar surface area (TPSA) is 44.9 Å². The summed E-state index contributed by atoms with van der Waals surface area (Å²) in [5.74, 6) is 1.81. The molecule has 148 valence electrons. The summed E-state index contributed by atoms with van der Waals surface area (Å²) < 4.78 is 27.3. The van der Waals surface area contributed by atoms with Gasteiger partial charge in [-0.05, 0) is 55.7 Å². The van der Waals surface area contributed by atoms with Crippen molar-refractivity contribution in [1.82, 2.24) is 0 Å². The van der Waals surface area contributed by atoms with Crippen LogP contribution in [0, 0.1) is 5.82 Å². The number of ether oxygens (including phenoxy) is 2. The van der Waals surface area contributed by atoms with Gasteiger partial charge in [0.05, 0.1) is 26.3 Å². The van der Waals surface area contributed by atoms with Gasteiger partial charge in [-0.2, -0.15) is 0 Å². The molecule has 0 amide bonds. The van der Waals surface area contributed by atoms with E-state index in [4.69, 9.17) is 9.47 Å². The summed E-state index contributed by atoms with van der Waals surface area (Å²) in [6, 6.07) is 12.4. The van der Waals surface area contributed by atoms with E-state index in [1.54, 1.807) is 19.2 Å². The minimum Gasteiger partial charge on any atom is -0.497 e. The van der Waals surface area contributed by atoms with Crippen molar-refractivity contribution in [3.8, 4) is 11.5 Å². The van der Waals surface area contributed by atoms with Crippen molar-refractivity contribution in [2.75, 3.05) is 32.2 Å². The summed E-state index contributed by atoms with van der Waals surface area (Å²) >= 11 is 0. The second-order valence-electron chi connectivity index (χ2n) is 7.33. The van der Waals surface area contributed by atoms with Gasteiger partial charge in [0, 0.05) is 12.5 Å². The average molecular weight is 385 g/mol. The van der Waals surface area contributed by atoms with Gasteiger partial charge < -0.3 is 14.6 Å². The molecule has 0 bridgehead atoms. The second-order valence-corrected chi connectivity index (χ2v) is 7.33. The van der Waals surface area contributed by atoms with Crippen LogP contribution in [-0.2, 0) is 5.72 Å². The van der Waals surface area contributed by atoms with Gasteiger partial charge in [0.15, 0.2) is 6.54 Å². The van der Waals surface area contributed by atoms with E-state index in [0.29, 0.717) is 12.3 Å². The molecule has 4 rings (SSSR count). The quantitative estimate of drug-likeness (QED) is 0.819. The van der Waals surface area contributed by atoms with Gasteiger partial charge in [0.25, 0.3) is 11.6 Å². The Morgan fingerprint density at radius 2 is 1.71 bits per heavy atom. The molecule has 0 spiro atoms. The number of rotatable bonds is 4. The third-order valence-electron chi connectivity index (χ3n) is 5.72. The number of methoxy groups -OCH3 is 2. The largest absolute Gasteiger partial charge is 0.497 e. The van der Waals surface area contributed by atoms with Gasteiger partial charge in [-0.3, -0.25) is 0 Å². The van der Waals surface area contributed by atoms with Crippen molar-refractivity contribution in [2.24, 2.45) is 0 Å². The van der Waals surface area contributed by atoms with Crippen LogP contribution in [0.15, 0.2) is 42.5 Å². The highest BCUT2D eigenvalue weighted by Crippen LogP contribution is 2.37. The van der Waals surface area contributed by atoms with E-state index < -0.39 is 11.5 Å². The van der Waals surface area contributed by atoms with Crippen LogP contribution in [0.25, 0.3) is 0 Å². The maximum absolute atomic E-state index is 14.9. The summed E-state index contributed by atoms with van der Waals surface area (Å²) in [5, 5.41) is 11.7. The molecule has 1 atom stereocenters. The lowest BCUT2D eigenvalue weighted by atomic mass is 10.0. The molecule has 0 aromatic heterocycles. The van der Waals surface area contributed by atoms with E-state index in [1.165, 1.54) is 13.2 Å². The number of hydrogen-bond acceptors (Lipinski definition) is 4. The number of benzene rings is 2. The van der Waals surface area contributed by atoms with Crippen molar-refractivity contribution in [2.45, 2.75) is 31.4 Å². The molecule has 0 aliphatic carbocycles. The molecule has 0 saturated heterocycles. The van der Waals surface area contributed by atoms with Crippen LogP contribution in [-0.4, -0.2) is 42.8 Å². The summed E-state index contributed by atoms with van der Waals surface area (Å²) in [5.41, 5.74) is -0.174. The summed E-state index contributed by atoms with van der Waals surface area (Å²) in [7, 11) is 3.14. The van der Waals surface area contributed by atoms with Crippen LogP contribution in [0.4, 0.5) is 10.1 Å². The Morgan fingerprint density at radius 1 is 1.00 bits per heavy atom. The van der Waals surface area contributed by atoms with Crippen molar-refractivity contribution in [3.05, 3.63) is 53.8 Å². The summed E-state index contributed by atoms with van der Waals surface area (Å²) in [6.07, 6.45) is 3.98. The van der Waals surface area contributed by atoms with E-state index in [9.17, 15) is 9.50 Å². The Balaban J connectivity index is 1.79. The van der Waals surface area contributed by atoms with Gasteiger partial charge >= 0.3 is 0 Å². The highest BCUT2D eigenvalue weighted by atomic mass is 19.1. The highest BCUT2D eigenvalue weighted by molar-refractivity contribution is 5.96. The zero-order valence-electron chi connectivity index (χ0n) is 16.3. The van der Waals surface area contributed by atoms with Gasteiger partial charge in [-0.15, -0.1) is 0 Å². The second kappa shape index (κ2) is 7.43. The van der Waals surface area contributed by atoms with Crippen LogP contribution in [0.1, 0.15) is 31.2 Å². The fourth-order valence-electron chi connectivity index (χ4n) is 4.25. The van der Waals surface area contributed by atoms with E-state index in [1.807, 2.05) is 28.8 Å². The van der Waals surface area contributed by atoms with Crippen LogP contribution in [0.2, 0.25) is 0 Å². The SMILES string of the molecule is COc1ccc(N2C[C@](O)(c3ccc(OC)cc3F)[N+]3=C2CCCCC3)cc1. The molecule has 0 saturated carbocycles. The van der Waals surface area contributed by atoms with Crippen molar-refractivity contribution >= 4 is 11.5 Å². The van der Waals surface area contributed by atoms with Crippen LogP contribution < -0.4 is 14.4 Å². The predicted octanol–water partition coefficient (Wildman–Crippen LogP) is 3.49. The molecular weight excluding hydrogens is 359 g/mol. The lowest BCUT2D eigenvalue weighted by Crippen LogP contribution is -2.41. The maximum atomic E-state index is 14.9. The molecule has 5 nitrogen and oxygen atoms in total. The number of aliphatic hydroxyl groups is 1. The van der Waals surface area contributed by atoms with Crippen LogP contribution in [0.3, 0.4) is 0 Å². The minimum absolute atomic E-state index is 0.276. The molecule has 1 N–H and O–H groups in total. The molecule has 0 unspecified atom stereocenters. The molecule has 2 aliphatic rings. The zero-order chi connectivity index (χ0) is 19.7. The summed E-state index contributed by atoms with van der Waals surface area (Å²) in [4.78, 5) is 2.11. The van der Waals surface area contributed by atoms with Gasteiger partial charge in [-0.1, -0.05) is 0 Å². The number of β-amino-alcohol motifs (C(OH)–C–C–N with tert-alkyl or cyclic N) is 1. The van der Waals surface area contributed by atoms with Crippen molar-refractivity contribution < 1.29 is 23.5 Å². The molecule has 2 aromatic carbocycles. The molecule has 2 aromatic rings. The standard InChI is InChI=1S/C22H26FN2O3/c1-27-17-9-7-16(8-10-17)24-15-22(26,25-13-5-3-4-6-21(24)25)19-12-11-18(28-2)14-20(19)23/h7-12,14,26H,3-6,13,15H2,1-2H3/q+1/t22-/m0/s1. The van der Waals surface area contributed by atoms with E-state index in [0.717, 1.165) is 43.0 Å². The van der Waals surface area contributed by atoms with E-state index in [-0.39, 0.29) is 12.1 Å². The molecule has 28 heavy (non-hydrogen) atoms. The predicted molar refractivity (Wildman–Crippen MR) is 106 cm³/mol. The first-order chi connectivity index (χ1) is 13.6. The average Bonchev–Trinajstić information content (AvgIpc) is 2.87. The molecular formula is C22H26FN2O3+. The fourth-order valence-corrected chi connectivity index (χ4v) is 4.25. The number of hydrogen-bond donors (Lipinski definition) is 1. The highest BCUT2D eigenvalue weighted by Gasteiger charge is 2.53. The first-order valence-electron chi connectivity index (χ1n) is 9.68. The maximum Gasteiger partial charge on any atom is 0.273 e. The molecule has 6 heteroatoms. The van der Waals surface area contributed by atoms with E-state index >= 15 is 0 Å². The van der Waals surface area contributed by atoms with Gasteiger partial charge in [0.2, 0.25) is 0 Å². The minimum atomic E-state index is -1.42. The zero-order valence-corrected chi connectivity index (χ0v) is 16.3. The lowest BCUT2D eigenvalue weighted by molar-refractivity contribution is -0.658. The molecule has 0 fully saturated rings. The Hall–Kier alpha value is -2.60. The first kappa shape index (κ1) is 18.7. The van der Waals surface area contributed by atoms with Crippen molar-refractivity contribution in [1.29, 1.82) is 0 Å². The summed E-state index contributed by atoms with van der Waals surface area (Å²) in [6.45, 7) is 0.974. The van der Waals surface area contributed by atoms with Gasteiger partial charge in [-0.25, -0.2) is 13.9 Å². The van der Waals surface area contributed by atoms with Gasteiger partial charge in [0.1, 0.15) is 23.0 Å². The van der Waals surface area contributed by atoms with E-state index in [2.05, 4.69) is 4.90 Å². The third-order valence-corrected chi connectivity index (χ3v) is 5.72. The van der Waals surface area contributed by atoms with Crippen LogP contribution in [0.5, 0.6) is 11.5 Å². The fraction of sp³-hybridized carbons (Fsp3) is 0.409. The number of amidine groups is 1. The Labute approximate surface area is 164 Å². The monoisotopic (exact) mass is 385 g/mol.